The maximum atomic E-state index is 14.8. The topological polar surface area (TPSA) is 71.2 Å². The van der Waals surface area contributed by atoms with E-state index in [0.717, 1.165) is 0 Å². The first-order valence-electron chi connectivity index (χ1n) is 10.5. The van der Waals surface area contributed by atoms with E-state index in [1.165, 1.54) is 24.3 Å². The molecule has 168 valence electrons. The van der Waals surface area contributed by atoms with Crippen molar-refractivity contribution in [2.24, 2.45) is 7.05 Å². The van der Waals surface area contributed by atoms with E-state index in [2.05, 4.69) is 5.10 Å². The van der Waals surface area contributed by atoms with Crippen molar-refractivity contribution in [3.8, 4) is 28.7 Å². The largest absolute Gasteiger partial charge is 0.452 e. The lowest BCUT2D eigenvalue weighted by Gasteiger charge is -2.16. The van der Waals surface area contributed by atoms with Crippen LogP contribution in [0.2, 0.25) is 0 Å². The summed E-state index contributed by atoms with van der Waals surface area (Å²) in [5.41, 5.74) is 2.79. The van der Waals surface area contributed by atoms with Gasteiger partial charge in [-0.15, -0.1) is 0 Å². The maximum absolute atomic E-state index is 14.8. The highest BCUT2D eigenvalue weighted by molar-refractivity contribution is 6.01. The number of hydrogen-bond donors (Lipinski definition) is 0. The molecule has 6 nitrogen and oxygen atoms in total. The van der Waals surface area contributed by atoms with Gasteiger partial charge in [0.05, 0.1) is 17.3 Å². The number of rotatable bonds is 5. The van der Waals surface area contributed by atoms with Gasteiger partial charge in [-0.1, -0.05) is 30.3 Å². The van der Waals surface area contributed by atoms with Gasteiger partial charge >= 0.3 is 0 Å². The second-order valence-electron chi connectivity index (χ2n) is 8.00. The third-order valence-corrected chi connectivity index (χ3v) is 5.70. The fraction of sp³-hybridized carbons (Fsp3) is 0.115. The van der Waals surface area contributed by atoms with Crippen molar-refractivity contribution >= 4 is 5.91 Å². The van der Waals surface area contributed by atoms with Crippen LogP contribution in [0, 0.1) is 23.0 Å². The third kappa shape index (κ3) is 3.77. The van der Waals surface area contributed by atoms with Crippen LogP contribution in [0.5, 0.6) is 11.5 Å². The smallest absolute Gasteiger partial charge is 0.258 e. The molecule has 1 aromatic heterocycles. The minimum absolute atomic E-state index is 0.0316. The van der Waals surface area contributed by atoms with E-state index in [0.29, 0.717) is 34.4 Å². The van der Waals surface area contributed by atoms with E-state index >= 15 is 0 Å². The molecule has 0 N–H and O–H groups in total. The lowest BCUT2D eigenvalue weighted by molar-refractivity contribution is 0.0764. The van der Waals surface area contributed by atoms with E-state index in [1.807, 2.05) is 6.07 Å². The molecule has 1 aliphatic heterocycles. The molecule has 1 amide bonds. The standard InChI is InChI=1S/C26H18F2N4O2/c1-31-14-19(12-30-31)20-9-8-16(10-22(20)28)13-32-15-18-5-3-7-23(24(18)26(32)33)34-25-17(11-29)4-2-6-21(25)27/h2-10,12,14H,13,15H2,1H3. The number of ether oxygens (including phenoxy) is 1. The highest BCUT2D eigenvalue weighted by Gasteiger charge is 2.31. The van der Waals surface area contributed by atoms with Crippen LogP contribution in [0.15, 0.2) is 67.0 Å². The Morgan fingerprint density at radius 2 is 1.94 bits per heavy atom. The summed E-state index contributed by atoms with van der Waals surface area (Å²) in [6.45, 7) is 0.500. The molecule has 0 spiro atoms. The number of benzene rings is 3. The molecular formula is C26H18F2N4O2. The molecule has 0 bridgehead atoms. The fourth-order valence-electron chi connectivity index (χ4n) is 4.08. The highest BCUT2D eigenvalue weighted by atomic mass is 19.1. The Bertz CT molecular complexity index is 1470. The summed E-state index contributed by atoms with van der Waals surface area (Å²) in [4.78, 5) is 14.8. The molecule has 0 unspecified atom stereocenters. The number of nitrogens with zero attached hydrogens (tertiary/aromatic N) is 4. The maximum Gasteiger partial charge on any atom is 0.258 e. The SMILES string of the molecule is Cn1cc(-c2ccc(CN3Cc4cccc(Oc5c(F)cccc5C#N)c4C3=O)cc2F)cn1. The molecule has 5 rings (SSSR count). The van der Waals surface area contributed by atoms with Gasteiger partial charge in [0.25, 0.3) is 5.91 Å². The van der Waals surface area contributed by atoms with Gasteiger partial charge in [-0.3, -0.25) is 9.48 Å². The molecule has 0 fully saturated rings. The van der Waals surface area contributed by atoms with Gasteiger partial charge in [-0.05, 0) is 35.4 Å². The van der Waals surface area contributed by atoms with Crippen molar-refractivity contribution in [2.75, 3.05) is 0 Å². The minimum Gasteiger partial charge on any atom is -0.452 e. The number of carbonyl (C=O) groups is 1. The Kier molecular flexibility index (Phi) is 5.30. The monoisotopic (exact) mass is 456 g/mol. The number of halogens is 2. The molecule has 4 aromatic rings. The second kappa shape index (κ2) is 8.45. The molecule has 3 aromatic carbocycles. The zero-order chi connectivity index (χ0) is 23.8. The molecule has 1 aliphatic rings. The van der Waals surface area contributed by atoms with E-state index in [9.17, 15) is 18.8 Å². The van der Waals surface area contributed by atoms with Crippen molar-refractivity contribution in [1.29, 1.82) is 5.26 Å². The molecule has 0 saturated carbocycles. The average Bonchev–Trinajstić information content (AvgIpc) is 3.39. The Morgan fingerprint density at radius 1 is 1.12 bits per heavy atom. The summed E-state index contributed by atoms with van der Waals surface area (Å²) < 4.78 is 36.4. The average molecular weight is 456 g/mol. The van der Waals surface area contributed by atoms with Crippen molar-refractivity contribution < 1.29 is 18.3 Å². The van der Waals surface area contributed by atoms with Gasteiger partial charge < -0.3 is 9.64 Å². The summed E-state index contributed by atoms with van der Waals surface area (Å²) in [5, 5.41) is 13.4. The normalized spacial score (nSPS) is 12.5. The van der Waals surface area contributed by atoms with Crippen molar-refractivity contribution in [3.63, 3.8) is 0 Å². The fourth-order valence-corrected chi connectivity index (χ4v) is 4.08. The summed E-state index contributed by atoms with van der Waals surface area (Å²) in [5.74, 6) is -1.45. The quantitative estimate of drug-likeness (QED) is 0.415. The number of amides is 1. The zero-order valence-corrected chi connectivity index (χ0v) is 18.1. The number of aromatic nitrogens is 2. The number of fused-ring (bicyclic) bond motifs is 1. The Labute approximate surface area is 194 Å². The first kappa shape index (κ1) is 21.3. The summed E-state index contributed by atoms with van der Waals surface area (Å²) in [6, 6.07) is 15.9. The Morgan fingerprint density at radius 3 is 2.68 bits per heavy atom. The Hall–Kier alpha value is -4.51. The molecule has 0 atom stereocenters. The van der Waals surface area contributed by atoms with Crippen LogP contribution in [0.25, 0.3) is 11.1 Å². The predicted molar refractivity (Wildman–Crippen MR) is 120 cm³/mol. The number of aryl methyl sites for hydroxylation is 1. The van der Waals surface area contributed by atoms with Crippen LogP contribution >= 0.6 is 0 Å². The van der Waals surface area contributed by atoms with Gasteiger partial charge in [-0.25, -0.2) is 8.78 Å². The van der Waals surface area contributed by atoms with Gasteiger partial charge in [0.15, 0.2) is 11.6 Å². The summed E-state index contributed by atoms with van der Waals surface area (Å²) in [7, 11) is 1.76. The van der Waals surface area contributed by atoms with Crippen LogP contribution < -0.4 is 4.74 Å². The van der Waals surface area contributed by atoms with Gasteiger partial charge in [-0.2, -0.15) is 10.4 Å². The molecule has 0 radical (unpaired) electrons. The summed E-state index contributed by atoms with van der Waals surface area (Å²) in [6.07, 6.45) is 3.32. The minimum atomic E-state index is -0.692. The van der Waals surface area contributed by atoms with Crippen LogP contribution in [0.1, 0.15) is 27.0 Å². The predicted octanol–water partition coefficient (Wildman–Crippen LogP) is 5.19. The van der Waals surface area contributed by atoms with Crippen LogP contribution in [0.3, 0.4) is 0 Å². The molecule has 34 heavy (non-hydrogen) atoms. The second-order valence-corrected chi connectivity index (χ2v) is 8.00. The van der Waals surface area contributed by atoms with Crippen molar-refractivity contribution in [1.82, 2.24) is 14.7 Å². The van der Waals surface area contributed by atoms with Crippen LogP contribution in [-0.4, -0.2) is 20.6 Å². The number of para-hydroxylation sites is 1. The van der Waals surface area contributed by atoms with Crippen molar-refractivity contribution in [2.45, 2.75) is 13.1 Å². The van der Waals surface area contributed by atoms with E-state index in [-0.39, 0.29) is 29.5 Å². The lowest BCUT2D eigenvalue weighted by atomic mass is 10.1. The van der Waals surface area contributed by atoms with Gasteiger partial charge in [0, 0.05) is 37.5 Å². The molecular weight excluding hydrogens is 438 g/mol. The third-order valence-electron chi connectivity index (χ3n) is 5.70. The van der Waals surface area contributed by atoms with Crippen LogP contribution in [-0.2, 0) is 20.1 Å². The van der Waals surface area contributed by atoms with Crippen molar-refractivity contribution in [3.05, 3.63) is 101 Å². The van der Waals surface area contributed by atoms with Gasteiger partial charge in [0.1, 0.15) is 17.6 Å². The first-order chi connectivity index (χ1) is 16.4. The van der Waals surface area contributed by atoms with E-state index in [1.54, 1.807) is 59.4 Å². The highest BCUT2D eigenvalue weighted by Crippen LogP contribution is 2.36. The molecule has 0 aliphatic carbocycles. The Balaban J connectivity index is 1.40. The zero-order valence-electron chi connectivity index (χ0n) is 18.1. The molecule has 8 heteroatoms. The number of nitriles is 1. The first-order valence-corrected chi connectivity index (χ1v) is 10.5. The lowest BCUT2D eigenvalue weighted by Crippen LogP contribution is -2.23. The summed E-state index contributed by atoms with van der Waals surface area (Å²) >= 11 is 0. The van der Waals surface area contributed by atoms with E-state index < -0.39 is 11.6 Å². The molecule has 2 heterocycles. The number of hydrogen-bond acceptors (Lipinski definition) is 4. The van der Waals surface area contributed by atoms with Gasteiger partial charge in [0.2, 0.25) is 0 Å². The van der Waals surface area contributed by atoms with E-state index in [4.69, 9.17) is 4.74 Å². The molecule has 0 saturated heterocycles. The van der Waals surface area contributed by atoms with Crippen LogP contribution in [0.4, 0.5) is 8.78 Å². The number of carbonyl (C=O) groups excluding carboxylic acids is 1.